The Morgan fingerprint density at radius 1 is 0.522 bits per heavy atom. The summed E-state index contributed by atoms with van der Waals surface area (Å²) in [6, 6.07) is 80.7. The predicted octanol–water partition coefficient (Wildman–Crippen LogP) is 17.4. The molecule has 9 aromatic rings. The highest BCUT2D eigenvalue weighted by Crippen LogP contribution is 2.53. The molecule has 3 heteroatoms. The zero-order valence-electron chi connectivity index (χ0n) is 37.2. The minimum absolute atomic E-state index is 0.252. The largest absolute Gasteiger partial charge is 0.362 e. The average Bonchev–Trinajstić information content (AvgIpc) is 3.73. The summed E-state index contributed by atoms with van der Waals surface area (Å²) in [7, 11) is 0. The summed E-state index contributed by atoms with van der Waals surface area (Å²) in [4.78, 5) is 4.89. The first-order valence-corrected chi connectivity index (χ1v) is 23.1. The molecule has 1 aliphatic heterocycles. The quantitative estimate of drug-likeness (QED) is 0.0975. The molecule has 0 aromatic heterocycles. The van der Waals surface area contributed by atoms with E-state index in [1.165, 1.54) is 50.1 Å². The summed E-state index contributed by atoms with van der Waals surface area (Å²) in [5.41, 5.74) is 17.5. The molecule has 0 fully saturated rings. The van der Waals surface area contributed by atoms with Crippen LogP contribution in [0.25, 0.3) is 44.7 Å². The number of hydrogen-bond donors (Lipinski definition) is 1. The number of benzene rings is 9. The molecule has 1 N–H and O–H groups in total. The van der Waals surface area contributed by atoms with E-state index in [4.69, 9.17) is 0 Å². The monoisotopic (exact) mass is 859 g/mol. The summed E-state index contributed by atoms with van der Waals surface area (Å²) in [6.45, 7) is 0. The molecule has 0 bridgehead atoms. The molecule has 2 aliphatic rings. The van der Waals surface area contributed by atoms with Gasteiger partial charge in [-0.15, -0.1) is 0 Å². The Morgan fingerprint density at radius 2 is 1.19 bits per heavy atom. The van der Waals surface area contributed by atoms with Crippen molar-refractivity contribution in [3.05, 3.63) is 289 Å². The average molecular weight is 860 g/mol. The molecule has 1 atom stereocenters. The first kappa shape index (κ1) is 41.1. The zero-order chi connectivity index (χ0) is 44.8. The fourth-order valence-corrected chi connectivity index (χ4v) is 9.59. The molecular formula is C64H49N3. The third-order valence-corrected chi connectivity index (χ3v) is 12.7. The van der Waals surface area contributed by atoms with Gasteiger partial charge in [-0.25, -0.2) is 0 Å². The van der Waals surface area contributed by atoms with Crippen molar-refractivity contribution in [2.45, 2.75) is 12.3 Å². The molecule has 3 nitrogen and oxygen atoms in total. The molecule has 0 saturated heterocycles. The van der Waals surface area contributed by atoms with Gasteiger partial charge < -0.3 is 15.1 Å². The van der Waals surface area contributed by atoms with E-state index in [0.717, 1.165) is 51.4 Å². The number of nitrogens with zero attached hydrogens (tertiary/aromatic N) is 2. The topological polar surface area (TPSA) is 18.5 Å². The van der Waals surface area contributed by atoms with E-state index in [1.54, 1.807) is 0 Å². The van der Waals surface area contributed by atoms with E-state index in [-0.39, 0.29) is 5.92 Å². The Bertz CT molecular complexity index is 3340. The molecule has 1 unspecified atom stereocenters. The van der Waals surface area contributed by atoms with Crippen LogP contribution in [0.15, 0.2) is 273 Å². The Kier molecular flexibility index (Phi) is 11.5. The number of nitrogens with one attached hydrogen (secondary N) is 1. The predicted molar refractivity (Wildman–Crippen MR) is 285 cm³/mol. The molecule has 320 valence electrons. The second kappa shape index (κ2) is 18.8. The minimum Gasteiger partial charge on any atom is -0.362 e. The van der Waals surface area contributed by atoms with Crippen LogP contribution in [0, 0.1) is 0 Å². The molecular weight excluding hydrogens is 811 g/mol. The van der Waals surface area contributed by atoms with Crippen LogP contribution >= 0.6 is 0 Å². The standard InChI is InChI=1S/C64H49N3/c1-5-21-48(22-6-1)51(26-17-18-40-65-55-29-9-3-10-30-55)41-47-42-54(45-58(43-47)66(56-31-11-4-12-32-56)57-33-19-28-52(44-57)49-23-7-2-8-24-49)53-38-39-64-61(46-53)60-35-15-16-36-63(60)67(64)62-37-20-27-50-25-13-14-34-59(50)62/h1-34,36-46,60,65H,35H2/b26-17-,40-18+,51-41+. The third-order valence-electron chi connectivity index (χ3n) is 12.7. The molecule has 0 saturated carbocycles. The fraction of sp³-hybridized carbons (Fsp3) is 0.0312. The van der Waals surface area contributed by atoms with Crippen LogP contribution in [0.5, 0.6) is 0 Å². The van der Waals surface area contributed by atoms with Crippen LogP contribution < -0.4 is 15.1 Å². The van der Waals surface area contributed by atoms with E-state index in [2.05, 4.69) is 264 Å². The highest BCUT2D eigenvalue weighted by molar-refractivity contribution is 5.99. The normalized spacial score (nSPS) is 14.3. The number of fused-ring (bicyclic) bond motifs is 4. The van der Waals surface area contributed by atoms with Crippen molar-refractivity contribution in [2.75, 3.05) is 15.1 Å². The second-order valence-corrected chi connectivity index (χ2v) is 17.0. The number of anilines is 6. The highest BCUT2D eigenvalue weighted by atomic mass is 15.2. The van der Waals surface area contributed by atoms with Crippen LogP contribution in [-0.4, -0.2) is 0 Å². The lowest BCUT2D eigenvalue weighted by Gasteiger charge is -2.27. The zero-order valence-corrected chi connectivity index (χ0v) is 37.2. The van der Waals surface area contributed by atoms with Crippen molar-refractivity contribution in [3.63, 3.8) is 0 Å². The lowest BCUT2D eigenvalue weighted by Crippen LogP contribution is -2.14. The number of rotatable bonds is 12. The van der Waals surface area contributed by atoms with E-state index in [0.29, 0.717) is 0 Å². The van der Waals surface area contributed by atoms with E-state index in [1.807, 2.05) is 24.4 Å². The van der Waals surface area contributed by atoms with E-state index in [9.17, 15) is 0 Å². The van der Waals surface area contributed by atoms with E-state index >= 15 is 0 Å². The SMILES string of the molecule is C1=CCC2C(=C1)N(c1cccc3ccccc13)c1ccc(-c3cc(\C=C(/C=C\C=C\Nc4ccccc4)c4ccccc4)cc(N(c4ccccc4)c4cccc(-c5ccccc5)c4)c3)cc12. The maximum absolute atomic E-state index is 3.39. The molecule has 1 heterocycles. The summed E-state index contributed by atoms with van der Waals surface area (Å²) in [5, 5.41) is 5.88. The summed E-state index contributed by atoms with van der Waals surface area (Å²) in [5.74, 6) is 0.252. The van der Waals surface area contributed by atoms with Gasteiger partial charge in [-0.1, -0.05) is 176 Å². The van der Waals surface area contributed by atoms with E-state index < -0.39 is 0 Å². The van der Waals surface area contributed by atoms with Gasteiger partial charge in [0.2, 0.25) is 0 Å². The Balaban J connectivity index is 1.07. The second-order valence-electron chi connectivity index (χ2n) is 17.0. The van der Waals surface area contributed by atoms with Crippen LogP contribution in [0.1, 0.15) is 29.0 Å². The first-order chi connectivity index (χ1) is 33.2. The van der Waals surface area contributed by atoms with Gasteiger partial charge in [0.05, 0.1) is 5.69 Å². The minimum atomic E-state index is 0.252. The van der Waals surface area contributed by atoms with Crippen molar-refractivity contribution in [1.29, 1.82) is 0 Å². The molecule has 0 spiro atoms. The van der Waals surface area contributed by atoms with Crippen molar-refractivity contribution in [3.8, 4) is 22.3 Å². The van der Waals surface area contributed by atoms with Gasteiger partial charge in [-0.3, -0.25) is 0 Å². The molecule has 0 radical (unpaired) electrons. The first-order valence-electron chi connectivity index (χ1n) is 23.1. The van der Waals surface area contributed by atoms with Crippen LogP contribution in [0.4, 0.5) is 34.1 Å². The highest BCUT2D eigenvalue weighted by Gasteiger charge is 2.35. The lowest BCUT2D eigenvalue weighted by atomic mass is 9.89. The Labute approximate surface area is 394 Å². The lowest BCUT2D eigenvalue weighted by molar-refractivity contribution is 0.820. The van der Waals surface area contributed by atoms with Crippen LogP contribution in [0.2, 0.25) is 0 Å². The summed E-state index contributed by atoms with van der Waals surface area (Å²) >= 11 is 0. The summed E-state index contributed by atoms with van der Waals surface area (Å²) < 4.78 is 0. The van der Waals surface area contributed by atoms with Crippen molar-refractivity contribution in [2.24, 2.45) is 0 Å². The molecule has 1 aliphatic carbocycles. The fourth-order valence-electron chi connectivity index (χ4n) is 9.59. The van der Waals surface area contributed by atoms with Gasteiger partial charge >= 0.3 is 0 Å². The molecule has 9 aromatic carbocycles. The maximum atomic E-state index is 3.39. The van der Waals surface area contributed by atoms with Gasteiger partial charge in [0, 0.05) is 51.6 Å². The van der Waals surface area contributed by atoms with Gasteiger partial charge in [0.1, 0.15) is 0 Å². The van der Waals surface area contributed by atoms with Gasteiger partial charge in [0.25, 0.3) is 0 Å². The molecule has 0 amide bonds. The van der Waals surface area contributed by atoms with Crippen molar-refractivity contribution >= 4 is 56.5 Å². The Morgan fingerprint density at radius 3 is 2.03 bits per heavy atom. The van der Waals surface area contributed by atoms with Gasteiger partial charge in [-0.05, 0) is 147 Å². The maximum Gasteiger partial charge on any atom is 0.0537 e. The molecule has 67 heavy (non-hydrogen) atoms. The number of para-hydroxylation sites is 2. The van der Waals surface area contributed by atoms with Gasteiger partial charge in [0.15, 0.2) is 0 Å². The third kappa shape index (κ3) is 8.67. The van der Waals surface area contributed by atoms with Crippen LogP contribution in [0.3, 0.4) is 0 Å². The number of allylic oxidation sites excluding steroid dienone is 8. The smallest absolute Gasteiger partial charge is 0.0537 e. The number of hydrogen-bond acceptors (Lipinski definition) is 3. The van der Waals surface area contributed by atoms with Crippen LogP contribution in [-0.2, 0) is 0 Å². The van der Waals surface area contributed by atoms with Crippen molar-refractivity contribution < 1.29 is 0 Å². The molecule has 11 rings (SSSR count). The Hall–Kier alpha value is -8.66. The summed E-state index contributed by atoms with van der Waals surface area (Å²) in [6.07, 6.45) is 18.5. The van der Waals surface area contributed by atoms with Crippen molar-refractivity contribution in [1.82, 2.24) is 0 Å². The van der Waals surface area contributed by atoms with Gasteiger partial charge in [-0.2, -0.15) is 0 Å².